The van der Waals surface area contributed by atoms with Gasteiger partial charge in [0.1, 0.15) is 0 Å². The quantitative estimate of drug-likeness (QED) is 0.0320. The molecule has 0 radical (unpaired) electrons. The molecule has 2 atom stereocenters. The zero-order valence-electron chi connectivity index (χ0n) is 55.0. The van der Waals surface area contributed by atoms with Gasteiger partial charge in [0.15, 0.2) is 0 Å². The number of rotatable bonds is 70. The van der Waals surface area contributed by atoms with E-state index in [2.05, 4.69) is 31.3 Å². The lowest BCUT2D eigenvalue weighted by Crippen LogP contribution is -2.45. The molecule has 6 heteroatoms. The van der Waals surface area contributed by atoms with Crippen LogP contribution < -0.4 is 5.32 Å². The number of allylic oxidation sites excluding steroid dienone is 3. The Labute approximate surface area is 507 Å². The third-order valence-electron chi connectivity index (χ3n) is 17.5. The molecule has 3 N–H and O–H groups in total. The zero-order chi connectivity index (χ0) is 58.5. The first kappa shape index (κ1) is 79.3. The van der Waals surface area contributed by atoms with Gasteiger partial charge in [-0.05, 0) is 57.8 Å². The van der Waals surface area contributed by atoms with Crippen LogP contribution in [0, 0.1) is 0 Å². The second kappa shape index (κ2) is 70.8. The Kier molecular flexibility index (Phi) is 69.4. The predicted octanol–water partition coefficient (Wildman–Crippen LogP) is 24.1. The fraction of sp³-hybridized carbons (Fsp3) is 0.920. The van der Waals surface area contributed by atoms with Crippen molar-refractivity contribution in [2.45, 2.75) is 431 Å². The van der Waals surface area contributed by atoms with Crippen LogP contribution in [0.4, 0.5) is 0 Å². The van der Waals surface area contributed by atoms with E-state index in [9.17, 15) is 19.8 Å². The van der Waals surface area contributed by atoms with E-state index in [0.717, 1.165) is 38.5 Å². The van der Waals surface area contributed by atoms with Crippen LogP contribution in [-0.4, -0.2) is 47.4 Å². The highest BCUT2D eigenvalue weighted by Crippen LogP contribution is 2.19. The highest BCUT2D eigenvalue weighted by atomic mass is 16.5. The molecule has 0 aromatic carbocycles. The van der Waals surface area contributed by atoms with Gasteiger partial charge in [-0.3, -0.25) is 9.59 Å². The summed E-state index contributed by atoms with van der Waals surface area (Å²) in [6, 6.07) is -0.625. The monoisotopic (exact) mass is 1140 g/mol. The summed E-state index contributed by atoms with van der Waals surface area (Å²) in [5, 5.41) is 23.2. The van der Waals surface area contributed by atoms with Crippen molar-refractivity contribution < 1.29 is 24.5 Å². The summed E-state index contributed by atoms with van der Waals surface area (Å²) in [6.07, 6.45) is 89.9. The molecule has 0 aliphatic carbocycles. The molecular weight excluding hydrogens is 995 g/mol. The first-order chi connectivity index (χ1) is 40.0. The number of aliphatic hydroxyl groups is 2. The van der Waals surface area contributed by atoms with Gasteiger partial charge in [-0.15, -0.1) is 0 Å². The molecule has 81 heavy (non-hydrogen) atoms. The smallest absolute Gasteiger partial charge is 0.305 e. The SMILES string of the molecule is CCCCCCCCCCCCCCCCC/C=C/C(O)C(CO)NC(=O)CCCCCCCCCCCCCCCCCCC/C=C\CCCCCCCCCCCCCCOC(=O)CCCCCCCCCCCCCCCC. The van der Waals surface area contributed by atoms with E-state index >= 15 is 0 Å². The Hall–Kier alpha value is -1.66. The molecule has 0 aliphatic heterocycles. The molecule has 0 heterocycles. The maximum absolute atomic E-state index is 12.5. The van der Waals surface area contributed by atoms with Crippen LogP contribution in [0.3, 0.4) is 0 Å². The molecule has 0 saturated heterocycles. The van der Waals surface area contributed by atoms with Gasteiger partial charge in [-0.1, -0.05) is 372 Å². The summed E-state index contributed by atoms with van der Waals surface area (Å²) in [5.74, 6) is -0.0400. The van der Waals surface area contributed by atoms with E-state index in [4.69, 9.17) is 4.74 Å². The highest BCUT2D eigenvalue weighted by molar-refractivity contribution is 5.76. The molecule has 0 fully saturated rings. The summed E-state index contributed by atoms with van der Waals surface area (Å²) in [7, 11) is 0. The van der Waals surface area contributed by atoms with Gasteiger partial charge in [0.25, 0.3) is 0 Å². The predicted molar refractivity (Wildman–Crippen MR) is 356 cm³/mol. The molecule has 1 amide bonds. The number of nitrogens with one attached hydrogen (secondary N) is 1. The molecule has 0 aromatic heterocycles. The lowest BCUT2D eigenvalue weighted by molar-refractivity contribution is -0.143. The molecule has 0 aliphatic rings. The Morgan fingerprint density at radius 2 is 0.580 bits per heavy atom. The van der Waals surface area contributed by atoms with Crippen molar-refractivity contribution in [3.8, 4) is 0 Å². The number of carbonyl (C=O) groups excluding carboxylic acids is 2. The largest absolute Gasteiger partial charge is 0.466 e. The Bertz CT molecular complexity index is 1270. The molecule has 2 unspecified atom stereocenters. The van der Waals surface area contributed by atoms with E-state index in [1.807, 2.05) is 6.08 Å². The minimum atomic E-state index is -0.842. The van der Waals surface area contributed by atoms with Gasteiger partial charge in [0.2, 0.25) is 5.91 Å². The van der Waals surface area contributed by atoms with Gasteiger partial charge in [-0.25, -0.2) is 0 Å². The summed E-state index contributed by atoms with van der Waals surface area (Å²) in [5.41, 5.74) is 0. The van der Waals surface area contributed by atoms with E-state index < -0.39 is 12.1 Å². The lowest BCUT2D eigenvalue weighted by Gasteiger charge is -2.20. The summed E-state index contributed by atoms with van der Waals surface area (Å²) < 4.78 is 5.50. The lowest BCUT2D eigenvalue weighted by atomic mass is 10.0. The number of aliphatic hydroxyl groups excluding tert-OH is 2. The Morgan fingerprint density at radius 1 is 0.333 bits per heavy atom. The van der Waals surface area contributed by atoms with E-state index in [0.29, 0.717) is 19.4 Å². The first-order valence-corrected chi connectivity index (χ1v) is 37.1. The Balaban J connectivity index is 3.36. The summed E-state index contributed by atoms with van der Waals surface area (Å²) in [6.45, 7) is 4.95. The van der Waals surface area contributed by atoms with Crippen molar-refractivity contribution in [2.24, 2.45) is 0 Å². The van der Waals surface area contributed by atoms with Crippen molar-refractivity contribution in [1.29, 1.82) is 0 Å². The van der Waals surface area contributed by atoms with Crippen LogP contribution in [0.25, 0.3) is 0 Å². The van der Waals surface area contributed by atoms with Crippen LogP contribution in [0.15, 0.2) is 24.3 Å². The molecule has 0 spiro atoms. The van der Waals surface area contributed by atoms with Gasteiger partial charge in [-0.2, -0.15) is 0 Å². The second-order valence-corrected chi connectivity index (χ2v) is 25.6. The normalized spacial score (nSPS) is 12.6. The molecular formula is C75H145NO5. The summed E-state index contributed by atoms with van der Waals surface area (Å²) >= 11 is 0. The van der Waals surface area contributed by atoms with E-state index in [1.165, 1.54) is 353 Å². The van der Waals surface area contributed by atoms with Gasteiger partial charge >= 0.3 is 5.97 Å². The van der Waals surface area contributed by atoms with Crippen molar-refractivity contribution in [2.75, 3.05) is 13.2 Å². The zero-order valence-corrected chi connectivity index (χ0v) is 55.0. The molecule has 0 bridgehead atoms. The molecule has 0 saturated carbocycles. The van der Waals surface area contributed by atoms with E-state index in [-0.39, 0.29) is 18.5 Å². The standard InChI is InChI=1S/C75H145NO5/c1-3-5-7-9-11-13-15-17-19-37-40-43-47-51-55-59-63-67-73(78)72(71-77)76-74(79)68-64-60-56-52-48-44-41-38-35-33-31-29-27-25-23-21-20-22-24-26-28-30-32-34-36-39-42-46-50-54-58-62-66-70-81-75(80)69-65-61-57-53-49-45-18-16-14-12-10-8-6-4-2/h24,26,63,67,72-73,77-78H,3-23,25,27-62,64-66,68-71H2,1-2H3,(H,76,79)/b26-24-,67-63+. The number of esters is 1. The number of hydrogen-bond acceptors (Lipinski definition) is 5. The van der Waals surface area contributed by atoms with Crippen molar-refractivity contribution in [3.05, 3.63) is 24.3 Å². The minimum absolute atomic E-state index is 0.0214. The average molecular weight is 1140 g/mol. The van der Waals surface area contributed by atoms with Crippen LogP contribution in [0.2, 0.25) is 0 Å². The maximum atomic E-state index is 12.5. The number of ether oxygens (including phenoxy) is 1. The van der Waals surface area contributed by atoms with Crippen LogP contribution in [-0.2, 0) is 14.3 Å². The van der Waals surface area contributed by atoms with Crippen LogP contribution in [0.1, 0.15) is 418 Å². The number of carbonyl (C=O) groups is 2. The highest BCUT2D eigenvalue weighted by Gasteiger charge is 2.18. The second-order valence-electron chi connectivity index (χ2n) is 25.6. The molecule has 0 aromatic rings. The average Bonchev–Trinajstić information content (AvgIpc) is 3.47. The molecule has 6 nitrogen and oxygen atoms in total. The third kappa shape index (κ3) is 67.3. The topological polar surface area (TPSA) is 95.9 Å². The molecule has 0 rings (SSSR count). The van der Waals surface area contributed by atoms with E-state index in [1.54, 1.807) is 6.08 Å². The first-order valence-electron chi connectivity index (χ1n) is 37.1. The Morgan fingerprint density at radius 3 is 0.877 bits per heavy atom. The summed E-state index contributed by atoms with van der Waals surface area (Å²) in [4.78, 5) is 24.6. The van der Waals surface area contributed by atoms with Gasteiger partial charge < -0.3 is 20.3 Å². The fourth-order valence-electron chi connectivity index (χ4n) is 11.8. The van der Waals surface area contributed by atoms with Crippen molar-refractivity contribution in [3.63, 3.8) is 0 Å². The van der Waals surface area contributed by atoms with Crippen molar-refractivity contribution >= 4 is 11.9 Å². The van der Waals surface area contributed by atoms with Gasteiger partial charge in [0.05, 0.1) is 25.4 Å². The van der Waals surface area contributed by atoms with Crippen LogP contribution >= 0.6 is 0 Å². The molecule has 480 valence electrons. The van der Waals surface area contributed by atoms with Crippen molar-refractivity contribution in [1.82, 2.24) is 5.32 Å². The maximum Gasteiger partial charge on any atom is 0.305 e. The number of hydrogen-bond donors (Lipinski definition) is 3. The fourth-order valence-corrected chi connectivity index (χ4v) is 11.8. The number of amides is 1. The van der Waals surface area contributed by atoms with Crippen LogP contribution in [0.5, 0.6) is 0 Å². The third-order valence-corrected chi connectivity index (χ3v) is 17.5. The van der Waals surface area contributed by atoms with Gasteiger partial charge in [0, 0.05) is 12.8 Å². The number of unbranched alkanes of at least 4 members (excludes halogenated alkanes) is 57. The minimum Gasteiger partial charge on any atom is -0.466 e.